The Morgan fingerprint density at radius 2 is 1.68 bits per heavy atom. The van der Waals surface area contributed by atoms with Crippen LogP contribution in [0, 0.1) is 0 Å². The number of benzene rings is 1. The highest BCUT2D eigenvalue weighted by atomic mass is 35.5. The van der Waals surface area contributed by atoms with Crippen molar-refractivity contribution in [2.45, 2.75) is 12.2 Å². The van der Waals surface area contributed by atoms with Crippen molar-refractivity contribution in [1.82, 2.24) is 15.5 Å². The number of carbonyl (C=O) groups is 2. The van der Waals surface area contributed by atoms with E-state index in [9.17, 15) is 22.8 Å². The van der Waals surface area contributed by atoms with Crippen molar-refractivity contribution in [3.8, 4) is 0 Å². The summed E-state index contributed by atoms with van der Waals surface area (Å²) in [6, 6.07) is 3.68. The molecule has 0 aromatic heterocycles. The highest BCUT2D eigenvalue weighted by Crippen LogP contribution is 2.24. The number of hydrogen-bond donors (Lipinski definition) is 3. The molecule has 1 unspecified atom stereocenters. The summed E-state index contributed by atoms with van der Waals surface area (Å²) in [6.07, 6.45) is -4.43. The minimum atomic E-state index is -4.43. The summed E-state index contributed by atoms with van der Waals surface area (Å²) in [4.78, 5) is 24.3. The third kappa shape index (κ3) is 5.87. The Bertz CT molecular complexity index is 589. The van der Waals surface area contributed by atoms with E-state index in [1.807, 2.05) is 0 Å². The van der Waals surface area contributed by atoms with Gasteiger partial charge in [0.2, 0.25) is 5.91 Å². The highest BCUT2D eigenvalue weighted by molar-refractivity contribution is 5.97. The lowest BCUT2D eigenvalue weighted by Gasteiger charge is -2.35. The zero-order valence-corrected chi connectivity index (χ0v) is 14.1. The van der Waals surface area contributed by atoms with Crippen LogP contribution in [-0.4, -0.2) is 61.7 Å². The number of primary amides is 1. The SMILES string of the molecule is Cl.NC(=O)c1ccc(C(=O)NCC(N2CCNCC2)C(F)(F)F)cc1. The Morgan fingerprint density at radius 3 is 2.16 bits per heavy atom. The molecule has 140 valence electrons. The second-order valence-electron chi connectivity index (χ2n) is 5.50. The van der Waals surface area contributed by atoms with E-state index in [-0.39, 0.29) is 36.6 Å². The molecule has 4 N–H and O–H groups in total. The van der Waals surface area contributed by atoms with Crippen LogP contribution in [-0.2, 0) is 0 Å². The fourth-order valence-electron chi connectivity index (χ4n) is 2.52. The Hall–Kier alpha value is -1.84. The molecule has 0 aliphatic carbocycles. The first-order valence-corrected chi connectivity index (χ1v) is 7.48. The zero-order valence-electron chi connectivity index (χ0n) is 13.3. The number of halogens is 4. The largest absolute Gasteiger partial charge is 0.405 e. The van der Waals surface area contributed by atoms with Crippen molar-refractivity contribution in [3.63, 3.8) is 0 Å². The number of hydrogen-bond acceptors (Lipinski definition) is 4. The number of nitrogens with zero attached hydrogens (tertiary/aromatic N) is 1. The lowest BCUT2D eigenvalue weighted by molar-refractivity contribution is -0.183. The van der Waals surface area contributed by atoms with Gasteiger partial charge >= 0.3 is 6.18 Å². The zero-order chi connectivity index (χ0) is 17.7. The third-order valence-electron chi connectivity index (χ3n) is 3.86. The maximum Gasteiger partial charge on any atom is 0.405 e. The monoisotopic (exact) mass is 380 g/mol. The lowest BCUT2D eigenvalue weighted by atomic mass is 10.1. The molecule has 1 aromatic carbocycles. The van der Waals surface area contributed by atoms with Gasteiger partial charge in [0.15, 0.2) is 0 Å². The third-order valence-corrected chi connectivity index (χ3v) is 3.86. The van der Waals surface area contributed by atoms with E-state index in [2.05, 4.69) is 10.6 Å². The van der Waals surface area contributed by atoms with E-state index in [0.717, 1.165) is 0 Å². The first kappa shape index (κ1) is 21.2. The average Bonchev–Trinajstić information content (AvgIpc) is 2.54. The van der Waals surface area contributed by atoms with Crippen molar-refractivity contribution in [2.75, 3.05) is 32.7 Å². The van der Waals surface area contributed by atoms with Crippen LogP contribution in [0.3, 0.4) is 0 Å². The fourth-order valence-corrected chi connectivity index (χ4v) is 2.52. The number of carbonyl (C=O) groups excluding carboxylic acids is 2. The first-order valence-electron chi connectivity index (χ1n) is 7.48. The van der Waals surface area contributed by atoms with Gasteiger partial charge in [-0.25, -0.2) is 0 Å². The Labute approximate surface area is 149 Å². The van der Waals surface area contributed by atoms with Crippen LogP contribution >= 0.6 is 12.4 Å². The van der Waals surface area contributed by atoms with Gasteiger partial charge in [-0.15, -0.1) is 12.4 Å². The second kappa shape index (κ2) is 9.02. The number of nitrogens with one attached hydrogen (secondary N) is 2. The molecule has 2 rings (SSSR count). The molecule has 1 aliphatic rings. The Kier molecular flexibility index (Phi) is 7.65. The van der Waals surface area contributed by atoms with Gasteiger partial charge in [-0.2, -0.15) is 13.2 Å². The summed E-state index contributed by atoms with van der Waals surface area (Å²) < 4.78 is 39.7. The van der Waals surface area contributed by atoms with Gasteiger partial charge in [-0.3, -0.25) is 14.5 Å². The van der Waals surface area contributed by atoms with E-state index in [1.165, 1.54) is 29.2 Å². The number of alkyl halides is 3. The molecule has 1 saturated heterocycles. The molecule has 1 aromatic rings. The van der Waals surface area contributed by atoms with Crippen molar-refractivity contribution < 1.29 is 22.8 Å². The number of rotatable bonds is 5. The van der Waals surface area contributed by atoms with Crippen LogP contribution in [0.4, 0.5) is 13.2 Å². The summed E-state index contributed by atoms with van der Waals surface area (Å²) in [5.41, 5.74) is 5.48. The molecule has 6 nitrogen and oxygen atoms in total. The molecule has 1 fully saturated rings. The number of nitrogens with two attached hydrogens (primary N) is 1. The van der Waals surface area contributed by atoms with Crippen LogP contribution in [0.2, 0.25) is 0 Å². The molecular formula is C15H20ClF3N4O2. The second-order valence-corrected chi connectivity index (χ2v) is 5.50. The van der Waals surface area contributed by atoms with E-state index in [1.54, 1.807) is 0 Å². The van der Waals surface area contributed by atoms with Gasteiger partial charge in [-0.1, -0.05) is 0 Å². The minimum absolute atomic E-state index is 0. The molecule has 1 aliphatic heterocycles. The van der Waals surface area contributed by atoms with E-state index < -0.39 is 30.6 Å². The molecule has 2 amide bonds. The van der Waals surface area contributed by atoms with E-state index in [0.29, 0.717) is 13.1 Å². The van der Waals surface area contributed by atoms with Gasteiger partial charge in [0.05, 0.1) is 0 Å². The first-order chi connectivity index (χ1) is 11.3. The molecule has 1 atom stereocenters. The molecular weight excluding hydrogens is 361 g/mol. The molecule has 0 spiro atoms. The predicted octanol–water partition coefficient (Wildman–Crippen LogP) is 0.773. The van der Waals surface area contributed by atoms with Crippen molar-refractivity contribution in [1.29, 1.82) is 0 Å². The molecule has 0 bridgehead atoms. The fraction of sp³-hybridized carbons (Fsp3) is 0.467. The van der Waals surface area contributed by atoms with E-state index in [4.69, 9.17) is 5.73 Å². The van der Waals surface area contributed by atoms with Gasteiger partial charge in [0.1, 0.15) is 6.04 Å². The lowest BCUT2D eigenvalue weighted by Crippen LogP contribution is -2.57. The van der Waals surface area contributed by atoms with Crippen LogP contribution in [0.25, 0.3) is 0 Å². The average molecular weight is 381 g/mol. The quantitative estimate of drug-likeness (QED) is 0.704. The van der Waals surface area contributed by atoms with Crippen LogP contribution in [0.1, 0.15) is 20.7 Å². The Morgan fingerprint density at radius 1 is 1.16 bits per heavy atom. The Balaban J connectivity index is 0.00000312. The van der Waals surface area contributed by atoms with Crippen molar-refractivity contribution >= 4 is 24.2 Å². The van der Waals surface area contributed by atoms with Gasteiger partial charge in [0.25, 0.3) is 5.91 Å². The molecule has 0 radical (unpaired) electrons. The van der Waals surface area contributed by atoms with Gasteiger partial charge in [0, 0.05) is 43.9 Å². The van der Waals surface area contributed by atoms with Crippen LogP contribution < -0.4 is 16.4 Å². The summed E-state index contributed by atoms with van der Waals surface area (Å²) in [6.45, 7) is 0.977. The maximum atomic E-state index is 13.2. The number of piperazine rings is 1. The molecule has 0 saturated carbocycles. The summed E-state index contributed by atoms with van der Waals surface area (Å²) >= 11 is 0. The highest BCUT2D eigenvalue weighted by Gasteiger charge is 2.43. The van der Waals surface area contributed by atoms with E-state index >= 15 is 0 Å². The standard InChI is InChI=1S/C15H19F3N4O2.ClH/c16-15(17,18)12(22-7-5-20-6-8-22)9-21-14(24)11-3-1-10(2-4-11)13(19)23;/h1-4,12,20H,5-9H2,(H2,19,23)(H,21,24);1H. The minimum Gasteiger partial charge on any atom is -0.366 e. The summed E-state index contributed by atoms with van der Waals surface area (Å²) in [5, 5.41) is 5.31. The van der Waals surface area contributed by atoms with Crippen LogP contribution in [0.5, 0.6) is 0 Å². The number of amides is 2. The topological polar surface area (TPSA) is 87.5 Å². The van der Waals surface area contributed by atoms with Gasteiger partial charge in [-0.05, 0) is 24.3 Å². The maximum absolute atomic E-state index is 13.2. The smallest absolute Gasteiger partial charge is 0.366 e. The molecule has 25 heavy (non-hydrogen) atoms. The molecule has 1 heterocycles. The molecule has 10 heteroatoms. The van der Waals surface area contributed by atoms with Gasteiger partial charge < -0.3 is 16.4 Å². The normalized spacial score (nSPS) is 16.6. The summed E-state index contributed by atoms with van der Waals surface area (Å²) in [5.74, 6) is -1.27. The predicted molar refractivity (Wildman–Crippen MR) is 88.8 cm³/mol. The van der Waals surface area contributed by atoms with Crippen molar-refractivity contribution in [2.24, 2.45) is 5.73 Å². The summed E-state index contributed by atoms with van der Waals surface area (Å²) in [7, 11) is 0. The van der Waals surface area contributed by atoms with Crippen molar-refractivity contribution in [3.05, 3.63) is 35.4 Å². The van der Waals surface area contributed by atoms with Crippen LogP contribution in [0.15, 0.2) is 24.3 Å².